The normalized spacial score (nSPS) is 10.5. The van der Waals surface area contributed by atoms with Crippen molar-refractivity contribution >= 4 is 5.91 Å². The van der Waals surface area contributed by atoms with E-state index in [1.807, 2.05) is 67.6 Å². The molecule has 1 amide bonds. The zero-order valence-corrected chi connectivity index (χ0v) is 14.4. The number of nitrogens with zero attached hydrogens (tertiary/aromatic N) is 2. The molecule has 0 atom stereocenters. The molecule has 0 aliphatic heterocycles. The van der Waals surface area contributed by atoms with E-state index >= 15 is 0 Å². The Bertz CT molecular complexity index is 829. The molecule has 2 aromatic carbocycles. The Balaban J connectivity index is 1.63. The van der Waals surface area contributed by atoms with E-state index in [1.165, 1.54) is 0 Å². The van der Waals surface area contributed by atoms with Crippen molar-refractivity contribution in [2.75, 3.05) is 20.2 Å². The number of H-pyrrole nitrogens is 1. The number of likely N-dealkylation sites (N-methyl/N-ethyl adjacent to an activating group) is 1. The van der Waals surface area contributed by atoms with Gasteiger partial charge < -0.3 is 9.64 Å². The number of carbonyl (C=O) groups excluding carboxylic acids is 1. The Morgan fingerprint density at radius 3 is 2.40 bits per heavy atom. The molecular formula is C20H21N3O2. The highest BCUT2D eigenvalue weighted by Crippen LogP contribution is 2.23. The molecule has 0 fully saturated rings. The first-order chi connectivity index (χ1) is 12.2. The molecule has 0 radical (unpaired) electrons. The van der Waals surface area contributed by atoms with Gasteiger partial charge in [0.2, 0.25) is 0 Å². The fourth-order valence-electron chi connectivity index (χ4n) is 2.59. The third kappa shape index (κ3) is 3.88. The molecule has 0 saturated heterocycles. The second-order valence-corrected chi connectivity index (χ2v) is 5.83. The van der Waals surface area contributed by atoms with Crippen molar-refractivity contribution in [1.82, 2.24) is 15.1 Å². The van der Waals surface area contributed by atoms with Crippen molar-refractivity contribution < 1.29 is 9.53 Å². The fourth-order valence-corrected chi connectivity index (χ4v) is 2.59. The highest BCUT2D eigenvalue weighted by molar-refractivity contribution is 5.95. The van der Waals surface area contributed by atoms with Crippen molar-refractivity contribution in [2.45, 2.75) is 6.92 Å². The quantitative estimate of drug-likeness (QED) is 0.749. The van der Waals surface area contributed by atoms with Gasteiger partial charge in [0, 0.05) is 18.2 Å². The lowest BCUT2D eigenvalue weighted by Crippen LogP contribution is -2.31. The number of benzene rings is 2. The number of nitrogens with one attached hydrogen (secondary N) is 1. The van der Waals surface area contributed by atoms with E-state index in [-0.39, 0.29) is 5.91 Å². The number of hydrogen-bond donors (Lipinski definition) is 1. The smallest absolute Gasteiger partial charge is 0.272 e. The Labute approximate surface area is 147 Å². The van der Waals surface area contributed by atoms with Gasteiger partial charge in [-0.25, -0.2) is 0 Å². The van der Waals surface area contributed by atoms with Gasteiger partial charge in [0.1, 0.15) is 18.1 Å². The predicted molar refractivity (Wildman–Crippen MR) is 97.7 cm³/mol. The molecule has 5 heteroatoms. The summed E-state index contributed by atoms with van der Waals surface area (Å²) in [5, 5.41) is 7.19. The van der Waals surface area contributed by atoms with Crippen LogP contribution in [0.5, 0.6) is 5.75 Å². The second-order valence-electron chi connectivity index (χ2n) is 5.83. The minimum Gasteiger partial charge on any atom is -0.492 e. The fraction of sp³-hybridized carbons (Fsp3) is 0.200. The molecule has 5 nitrogen and oxygen atoms in total. The number of ether oxygens (including phenoxy) is 1. The van der Waals surface area contributed by atoms with E-state index in [4.69, 9.17) is 4.74 Å². The average molecular weight is 335 g/mol. The van der Waals surface area contributed by atoms with Crippen LogP contribution in [-0.2, 0) is 0 Å². The van der Waals surface area contributed by atoms with E-state index in [9.17, 15) is 4.79 Å². The molecule has 25 heavy (non-hydrogen) atoms. The number of amides is 1. The monoisotopic (exact) mass is 335 g/mol. The molecular weight excluding hydrogens is 314 g/mol. The van der Waals surface area contributed by atoms with Crippen molar-refractivity contribution in [2.24, 2.45) is 0 Å². The number of hydrogen-bond acceptors (Lipinski definition) is 3. The van der Waals surface area contributed by atoms with E-state index < -0.39 is 0 Å². The van der Waals surface area contributed by atoms with Gasteiger partial charge in [0.15, 0.2) is 0 Å². The van der Waals surface area contributed by atoms with Gasteiger partial charge in [0.25, 0.3) is 5.91 Å². The lowest BCUT2D eigenvalue weighted by molar-refractivity contribution is 0.0767. The summed E-state index contributed by atoms with van der Waals surface area (Å²) >= 11 is 0. The molecule has 0 saturated carbocycles. The summed E-state index contributed by atoms with van der Waals surface area (Å²) in [6, 6.07) is 19.4. The van der Waals surface area contributed by atoms with Gasteiger partial charge in [-0.05, 0) is 19.1 Å². The first-order valence-electron chi connectivity index (χ1n) is 8.20. The highest BCUT2D eigenvalue weighted by atomic mass is 16.5. The van der Waals surface area contributed by atoms with Crippen LogP contribution in [0.1, 0.15) is 16.1 Å². The molecule has 0 spiro atoms. The molecule has 128 valence electrons. The van der Waals surface area contributed by atoms with Crippen LogP contribution < -0.4 is 4.74 Å². The highest BCUT2D eigenvalue weighted by Gasteiger charge is 2.19. The minimum atomic E-state index is -0.0937. The Hall–Kier alpha value is -3.08. The second kappa shape index (κ2) is 7.66. The van der Waals surface area contributed by atoms with Crippen molar-refractivity contribution in [3.8, 4) is 17.0 Å². The van der Waals surface area contributed by atoms with Gasteiger partial charge in [-0.1, -0.05) is 48.5 Å². The van der Waals surface area contributed by atoms with Crippen LogP contribution >= 0.6 is 0 Å². The summed E-state index contributed by atoms with van der Waals surface area (Å²) in [6.07, 6.45) is 0. The number of carbonyl (C=O) groups is 1. The lowest BCUT2D eigenvalue weighted by Gasteiger charge is -2.17. The van der Waals surface area contributed by atoms with Crippen molar-refractivity contribution in [1.29, 1.82) is 0 Å². The Morgan fingerprint density at radius 2 is 1.72 bits per heavy atom. The minimum absolute atomic E-state index is 0.0937. The van der Waals surface area contributed by atoms with Gasteiger partial charge in [0.05, 0.1) is 12.2 Å². The van der Waals surface area contributed by atoms with E-state index in [1.54, 1.807) is 11.9 Å². The van der Waals surface area contributed by atoms with Gasteiger partial charge in [-0.15, -0.1) is 0 Å². The number of aromatic amines is 1. The Morgan fingerprint density at radius 1 is 1.08 bits per heavy atom. The predicted octanol–water partition coefficient (Wildman–Crippen LogP) is 3.54. The third-order valence-corrected chi connectivity index (χ3v) is 4.06. The average Bonchev–Trinajstić information content (AvgIpc) is 3.04. The number of para-hydroxylation sites is 1. The topological polar surface area (TPSA) is 58.2 Å². The molecule has 1 N–H and O–H groups in total. The maximum absolute atomic E-state index is 12.7. The molecule has 1 aromatic heterocycles. The van der Waals surface area contributed by atoms with Crippen LogP contribution in [-0.4, -0.2) is 41.2 Å². The molecule has 3 aromatic rings. The summed E-state index contributed by atoms with van der Waals surface area (Å²) in [5.41, 5.74) is 3.16. The number of rotatable bonds is 6. The van der Waals surface area contributed by atoms with Crippen LogP contribution in [0.25, 0.3) is 11.3 Å². The maximum atomic E-state index is 12.7. The number of aromatic nitrogens is 2. The van der Waals surface area contributed by atoms with Crippen LogP contribution in [0, 0.1) is 6.92 Å². The van der Waals surface area contributed by atoms with E-state index in [2.05, 4.69) is 10.2 Å². The maximum Gasteiger partial charge on any atom is 0.272 e. The Kier molecular flexibility index (Phi) is 5.14. The summed E-state index contributed by atoms with van der Waals surface area (Å²) < 4.78 is 5.65. The molecule has 3 rings (SSSR count). The molecule has 1 heterocycles. The summed E-state index contributed by atoms with van der Waals surface area (Å²) in [5.74, 6) is 0.705. The van der Waals surface area contributed by atoms with Crippen molar-refractivity contribution in [3.05, 3.63) is 71.9 Å². The first kappa shape index (κ1) is 16.8. The van der Waals surface area contributed by atoms with Crippen LogP contribution in [0.4, 0.5) is 0 Å². The van der Waals surface area contributed by atoms with Gasteiger partial charge >= 0.3 is 0 Å². The molecule has 0 aliphatic rings. The van der Waals surface area contributed by atoms with Crippen LogP contribution in [0.2, 0.25) is 0 Å². The third-order valence-electron chi connectivity index (χ3n) is 4.06. The SMILES string of the molecule is Cc1c(-c2ccccc2)n[nH]c1C(=O)N(C)CCOc1ccccc1. The van der Waals surface area contributed by atoms with Crippen LogP contribution in [0.15, 0.2) is 60.7 Å². The van der Waals surface area contributed by atoms with Crippen LogP contribution in [0.3, 0.4) is 0 Å². The van der Waals surface area contributed by atoms with E-state index in [0.717, 1.165) is 22.6 Å². The summed E-state index contributed by atoms with van der Waals surface area (Å²) in [7, 11) is 1.76. The van der Waals surface area contributed by atoms with Gasteiger partial charge in [-0.3, -0.25) is 9.89 Å². The first-order valence-corrected chi connectivity index (χ1v) is 8.20. The van der Waals surface area contributed by atoms with Crippen molar-refractivity contribution in [3.63, 3.8) is 0 Å². The summed E-state index contributed by atoms with van der Waals surface area (Å²) in [4.78, 5) is 14.3. The van der Waals surface area contributed by atoms with E-state index in [0.29, 0.717) is 18.8 Å². The standard InChI is InChI=1S/C20H21N3O2/c1-15-18(16-9-5-3-6-10-16)21-22-19(15)20(24)23(2)13-14-25-17-11-7-4-8-12-17/h3-12H,13-14H2,1-2H3,(H,21,22). The zero-order valence-electron chi connectivity index (χ0n) is 14.4. The lowest BCUT2D eigenvalue weighted by atomic mass is 10.1. The van der Waals surface area contributed by atoms with Gasteiger partial charge in [-0.2, -0.15) is 5.10 Å². The molecule has 0 unspecified atom stereocenters. The zero-order chi connectivity index (χ0) is 17.6. The molecule has 0 bridgehead atoms. The largest absolute Gasteiger partial charge is 0.492 e. The molecule has 0 aliphatic carbocycles. The summed E-state index contributed by atoms with van der Waals surface area (Å²) in [6.45, 7) is 2.84.